The lowest BCUT2D eigenvalue weighted by Crippen LogP contribution is -2.07. The zero-order valence-corrected chi connectivity index (χ0v) is 8.13. The Morgan fingerprint density at radius 2 is 2.27 bits per heavy atom. The van der Waals surface area contributed by atoms with Crippen molar-refractivity contribution in [3.8, 4) is 0 Å². The fourth-order valence-corrected chi connectivity index (χ4v) is 1.25. The third-order valence-electron chi connectivity index (χ3n) is 1.69. The predicted molar refractivity (Wildman–Crippen MR) is 50.0 cm³/mol. The summed E-state index contributed by atoms with van der Waals surface area (Å²) in [6.45, 7) is 0. The van der Waals surface area contributed by atoms with E-state index < -0.39 is 29.5 Å². The van der Waals surface area contributed by atoms with Crippen LogP contribution in [0.4, 0.5) is 14.6 Å². The summed E-state index contributed by atoms with van der Waals surface area (Å²) in [5, 5.41) is 8.08. The molecule has 0 amide bonds. The second-order valence-corrected chi connectivity index (χ2v) is 3.14. The molecule has 7 heteroatoms. The number of aromatic nitrogens is 1. The van der Waals surface area contributed by atoms with Gasteiger partial charge in [0.1, 0.15) is 11.0 Å². The number of pyridine rings is 1. The number of hydrogen-bond acceptors (Lipinski definition) is 3. The number of nitrogens with zero attached hydrogens (tertiary/aromatic N) is 1. The number of halogens is 3. The molecule has 82 valence electrons. The minimum Gasteiger partial charge on any atom is -0.481 e. The first-order valence-electron chi connectivity index (χ1n) is 3.86. The number of carbonyl (C=O) groups is 1. The third-order valence-corrected chi connectivity index (χ3v) is 2.00. The van der Waals surface area contributed by atoms with Gasteiger partial charge in [0.15, 0.2) is 0 Å². The highest BCUT2D eigenvalue weighted by atomic mass is 35.5. The number of anilines is 1. The fraction of sp³-hybridized carbons (Fsp3) is 0.250. The Kier molecular flexibility index (Phi) is 3.41. The lowest BCUT2D eigenvalue weighted by atomic mass is 10.1. The zero-order chi connectivity index (χ0) is 11.6. The van der Waals surface area contributed by atoms with E-state index in [0.29, 0.717) is 0 Å². The van der Waals surface area contributed by atoms with E-state index in [1.165, 1.54) is 0 Å². The van der Waals surface area contributed by atoms with Crippen molar-refractivity contribution in [2.75, 3.05) is 5.73 Å². The number of carboxylic acids is 1. The molecule has 0 spiro atoms. The van der Waals surface area contributed by atoms with Gasteiger partial charge in [0, 0.05) is 5.56 Å². The Morgan fingerprint density at radius 1 is 1.67 bits per heavy atom. The number of nitrogen functional groups attached to an aromatic ring is 1. The van der Waals surface area contributed by atoms with Crippen molar-refractivity contribution in [2.24, 2.45) is 0 Å². The van der Waals surface area contributed by atoms with Gasteiger partial charge in [-0.15, -0.1) is 0 Å². The molecular weight excluding hydrogens is 230 g/mol. The lowest BCUT2D eigenvalue weighted by molar-refractivity contribution is -0.136. The second kappa shape index (κ2) is 4.39. The summed E-state index contributed by atoms with van der Waals surface area (Å²) in [6, 6.07) is 0.962. The highest BCUT2D eigenvalue weighted by Crippen LogP contribution is 2.28. The molecule has 0 aliphatic carbocycles. The SMILES string of the molecule is Nc1nc(Cl)c(C(F)F)cc1CC(=O)O. The van der Waals surface area contributed by atoms with Gasteiger partial charge in [-0.1, -0.05) is 11.6 Å². The van der Waals surface area contributed by atoms with Crippen LogP contribution in [-0.4, -0.2) is 16.1 Å². The summed E-state index contributed by atoms with van der Waals surface area (Å²) in [4.78, 5) is 13.8. The molecule has 0 saturated carbocycles. The summed E-state index contributed by atoms with van der Waals surface area (Å²) in [5.74, 6) is -1.32. The molecule has 3 N–H and O–H groups in total. The van der Waals surface area contributed by atoms with E-state index >= 15 is 0 Å². The highest BCUT2D eigenvalue weighted by molar-refractivity contribution is 6.30. The van der Waals surface area contributed by atoms with Gasteiger partial charge in [-0.05, 0) is 6.07 Å². The van der Waals surface area contributed by atoms with Crippen LogP contribution in [0.1, 0.15) is 17.6 Å². The Hall–Kier alpha value is -1.43. The topological polar surface area (TPSA) is 76.2 Å². The van der Waals surface area contributed by atoms with Crippen molar-refractivity contribution in [3.05, 3.63) is 22.3 Å². The van der Waals surface area contributed by atoms with Crippen LogP contribution in [0.15, 0.2) is 6.07 Å². The normalized spacial score (nSPS) is 10.7. The number of hydrogen-bond donors (Lipinski definition) is 2. The highest BCUT2D eigenvalue weighted by Gasteiger charge is 2.17. The van der Waals surface area contributed by atoms with Gasteiger partial charge in [0.2, 0.25) is 0 Å². The van der Waals surface area contributed by atoms with Gasteiger partial charge in [-0.2, -0.15) is 0 Å². The van der Waals surface area contributed by atoms with Gasteiger partial charge < -0.3 is 10.8 Å². The van der Waals surface area contributed by atoms with Crippen LogP contribution >= 0.6 is 11.6 Å². The lowest BCUT2D eigenvalue weighted by Gasteiger charge is -2.07. The quantitative estimate of drug-likeness (QED) is 0.786. The molecule has 0 aromatic carbocycles. The molecule has 4 nitrogen and oxygen atoms in total. The Balaban J connectivity index is 3.17. The molecule has 1 aromatic rings. The van der Waals surface area contributed by atoms with Crippen molar-refractivity contribution in [3.63, 3.8) is 0 Å². The molecule has 1 aromatic heterocycles. The van der Waals surface area contributed by atoms with Gasteiger partial charge in [0.25, 0.3) is 6.43 Å². The standard InChI is InChI=1S/C8H7ClF2N2O2/c9-6-4(7(10)11)1-3(2-5(14)15)8(12)13-6/h1,7H,2H2,(H2,12,13)(H,14,15). The van der Waals surface area contributed by atoms with E-state index in [1.54, 1.807) is 0 Å². The third kappa shape index (κ3) is 2.76. The minimum absolute atomic E-state index is 0.0298. The number of aliphatic carboxylic acids is 1. The molecule has 0 aliphatic heterocycles. The first kappa shape index (κ1) is 11.6. The molecule has 0 aliphatic rings. The first-order valence-corrected chi connectivity index (χ1v) is 4.24. The van der Waals surface area contributed by atoms with Gasteiger partial charge in [-0.3, -0.25) is 4.79 Å². The van der Waals surface area contributed by atoms with Crippen LogP contribution < -0.4 is 5.73 Å². The van der Waals surface area contributed by atoms with Crippen molar-refractivity contribution >= 4 is 23.4 Å². The van der Waals surface area contributed by atoms with E-state index in [0.717, 1.165) is 6.07 Å². The molecule has 15 heavy (non-hydrogen) atoms. The minimum atomic E-state index is -2.81. The van der Waals surface area contributed by atoms with Crippen molar-refractivity contribution in [1.29, 1.82) is 0 Å². The summed E-state index contributed by atoms with van der Waals surface area (Å²) in [6.07, 6.45) is -3.27. The van der Waals surface area contributed by atoms with E-state index in [1.807, 2.05) is 0 Å². The molecule has 1 rings (SSSR count). The number of carboxylic acid groups (broad SMARTS) is 1. The predicted octanol–water partition coefficient (Wildman–Crippen LogP) is 1.88. The average molecular weight is 237 g/mol. The molecule has 1 heterocycles. The van der Waals surface area contributed by atoms with E-state index in [-0.39, 0.29) is 11.4 Å². The number of rotatable bonds is 3. The van der Waals surface area contributed by atoms with Crippen LogP contribution in [0.2, 0.25) is 5.15 Å². The molecule has 0 atom stereocenters. The van der Waals surface area contributed by atoms with Crippen LogP contribution in [-0.2, 0) is 11.2 Å². The molecule has 0 fully saturated rings. The molecule has 0 unspecified atom stereocenters. The smallest absolute Gasteiger partial charge is 0.307 e. The Bertz CT molecular complexity index is 398. The number of alkyl halides is 2. The van der Waals surface area contributed by atoms with Gasteiger partial charge in [0.05, 0.1) is 12.0 Å². The van der Waals surface area contributed by atoms with Crippen LogP contribution in [0.5, 0.6) is 0 Å². The van der Waals surface area contributed by atoms with Crippen molar-refractivity contribution in [2.45, 2.75) is 12.8 Å². The second-order valence-electron chi connectivity index (χ2n) is 2.78. The Morgan fingerprint density at radius 3 is 2.73 bits per heavy atom. The molecule has 0 bridgehead atoms. The van der Waals surface area contributed by atoms with E-state index in [4.69, 9.17) is 22.4 Å². The molecule has 0 radical (unpaired) electrons. The maximum Gasteiger partial charge on any atom is 0.307 e. The van der Waals surface area contributed by atoms with Gasteiger partial charge in [-0.25, -0.2) is 13.8 Å². The summed E-state index contributed by atoms with van der Waals surface area (Å²) in [5.41, 5.74) is 4.85. The van der Waals surface area contributed by atoms with Crippen LogP contribution in [0.25, 0.3) is 0 Å². The fourth-order valence-electron chi connectivity index (χ4n) is 1.02. The van der Waals surface area contributed by atoms with Crippen LogP contribution in [0, 0.1) is 0 Å². The van der Waals surface area contributed by atoms with E-state index in [2.05, 4.69) is 4.98 Å². The van der Waals surface area contributed by atoms with Crippen LogP contribution in [0.3, 0.4) is 0 Å². The monoisotopic (exact) mass is 236 g/mol. The largest absolute Gasteiger partial charge is 0.481 e. The zero-order valence-electron chi connectivity index (χ0n) is 7.38. The van der Waals surface area contributed by atoms with Crippen molar-refractivity contribution in [1.82, 2.24) is 4.98 Å². The average Bonchev–Trinajstić information content (AvgIpc) is 2.08. The van der Waals surface area contributed by atoms with Crippen molar-refractivity contribution < 1.29 is 18.7 Å². The summed E-state index contributed by atoms with van der Waals surface area (Å²) in [7, 11) is 0. The van der Waals surface area contributed by atoms with Gasteiger partial charge >= 0.3 is 5.97 Å². The Labute approximate surface area is 88.7 Å². The molecule has 0 saturated heterocycles. The first-order chi connectivity index (χ1) is 6.91. The number of nitrogens with two attached hydrogens (primary N) is 1. The maximum atomic E-state index is 12.4. The summed E-state index contributed by atoms with van der Waals surface area (Å²) < 4.78 is 24.7. The summed E-state index contributed by atoms with van der Waals surface area (Å²) >= 11 is 5.41. The maximum absolute atomic E-state index is 12.4. The molecular formula is C8H7ClF2N2O2. The van der Waals surface area contributed by atoms with E-state index in [9.17, 15) is 13.6 Å².